The van der Waals surface area contributed by atoms with E-state index in [2.05, 4.69) is 15.4 Å². The van der Waals surface area contributed by atoms with Crippen LogP contribution in [-0.2, 0) is 29.6 Å². The molecule has 1 atom stereocenters. The van der Waals surface area contributed by atoms with Gasteiger partial charge in [-0.3, -0.25) is 28.7 Å². The number of nitrogens with zero attached hydrogens (tertiary/aromatic N) is 5. The van der Waals surface area contributed by atoms with Gasteiger partial charge in [0.2, 0.25) is 11.8 Å². The Hall–Kier alpha value is -4.74. The first-order valence-electron chi connectivity index (χ1n) is 11.8. The van der Waals surface area contributed by atoms with E-state index in [9.17, 15) is 24.3 Å². The van der Waals surface area contributed by atoms with Crippen LogP contribution in [0.3, 0.4) is 0 Å². The number of aromatic nitrogens is 5. The van der Waals surface area contributed by atoms with E-state index in [1.165, 1.54) is 16.8 Å². The van der Waals surface area contributed by atoms with Gasteiger partial charge < -0.3 is 10.8 Å². The summed E-state index contributed by atoms with van der Waals surface area (Å²) in [7, 11) is 1.68. The highest BCUT2D eigenvalue weighted by Gasteiger charge is 2.31. The number of carbonyl (C=O) groups is 3. The fourth-order valence-corrected chi connectivity index (χ4v) is 4.82. The first-order valence-corrected chi connectivity index (χ1v) is 11.8. The number of imide groups is 1. The largest absolute Gasteiger partial charge is 0.478 e. The van der Waals surface area contributed by atoms with Crippen molar-refractivity contribution in [3.8, 4) is 11.1 Å². The van der Waals surface area contributed by atoms with Crippen LogP contribution in [0.4, 0.5) is 5.82 Å². The molecule has 1 saturated heterocycles. The predicted molar refractivity (Wildman–Crippen MR) is 134 cm³/mol. The van der Waals surface area contributed by atoms with E-state index in [1.54, 1.807) is 22.5 Å². The van der Waals surface area contributed by atoms with Crippen LogP contribution in [0.1, 0.15) is 41.2 Å². The fourth-order valence-electron chi connectivity index (χ4n) is 4.82. The fraction of sp³-hybridized carbons (Fsp3) is 0.280. The molecule has 4 heterocycles. The molecule has 0 saturated carbocycles. The summed E-state index contributed by atoms with van der Waals surface area (Å²) in [5.74, 6) is -1.97. The average molecular weight is 504 g/mol. The van der Waals surface area contributed by atoms with Gasteiger partial charge in [-0.15, -0.1) is 0 Å². The summed E-state index contributed by atoms with van der Waals surface area (Å²) >= 11 is 0. The lowest BCUT2D eigenvalue weighted by atomic mass is 10.0. The molecule has 37 heavy (non-hydrogen) atoms. The Bertz CT molecular complexity index is 1610. The summed E-state index contributed by atoms with van der Waals surface area (Å²) in [6.07, 6.45) is 6.82. The van der Waals surface area contributed by atoms with Crippen molar-refractivity contribution < 1.29 is 19.5 Å². The minimum Gasteiger partial charge on any atom is -0.478 e. The predicted octanol–water partition coefficient (Wildman–Crippen LogP) is 1.49. The zero-order valence-electron chi connectivity index (χ0n) is 20.0. The monoisotopic (exact) mass is 503 g/mol. The molecule has 190 valence electrons. The molecule has 1 aliphatic rings. The number of carboxylic acid groups (broad SMARTS) is 1. The van der Waals surface area contributed by atoms with Gasteiger partial charge in [-0.2, -0.15) is 5.10 Å². The normalized spacial score (nSPS) is 15.8. The number of piperidine rings is 1. The molecule has 0 aliphatic carbocycles. The number of anilines is 1. The molecule has 12 heteroatoms. The molecule has 0 bridgehead atoms. The maximum Gasteiger partial charge on any atom is 0.339 e. The Kier molecular flexibility index (Phi) is 6.07. The topological polar surface area (TPSA) is 167 Å². The molecule has 3 aromatic heterocycles. The van der Waals surface area contributed by atoms with E-state index in [1.807, 2.05) is 24.4 Å². The molecule has 0 radical (unpaired) electrons. The molecule has 4 aromatic rings. The van der Waals surface area contributed by atoms with E-state index in [4.69, 9.17) is 5.73 Å². The Morgan fingerprint density at radius 3 is 2.78 bits per heavy atom. The van der Waals surface area contributed by atoms with Crippen LogP contribution in [0.5, 0.6) is 0 Å². The lowest BCUT2D eigenvalue weighted by Gasteiger charge is -2.21. The van der Waals surface area contributed by atoms with Crippen LogP contribution >= 0.6 is 0 Å². The molecule has 5 rings (SSSR count). The molecule has 2 amide bonds. The van der Waals surface area contributed by atoms with Crippen LogP contribution in [-0.4, -0.2) is 46.8 Å². The van der Waals surface area contributed by atoms with Gasteiger partial charge in [-0.05, 0) is 37.0 Å². The van der Waals surface area contributed by atoms with Gasteiger partial charge in [-0.25, -0.2) is 14.6 Å². The van der Waals surface area contributed by atoms with E-state index in [0.29, 0.717) is 24.0 Å². The Morgan fingerprint density at radius 1 is 1.22 bits per heavy atom. The van der Waals surface area contributed by atoms with Crippen LogP contribution in [0, 0.1) is 0 Å². The Morgan fingerprint density at radius 2 is 2.03 bits per heavy atom. The number of benzene rings is 1. The van der Waals surface area contributed by atoms with Gasteiger partial charge >= 0.3 is 11.7 Å². The molecule has 1 aliphatic heterocycles. The number of nitrogens with one attached hydrogen (secondary N) is 1. The molecular formula is C25H25N7O5. The van der Waals surface area contributed by atoms with Crippen molar-refractivity contribution in [1.29, 1.82) is 0 Å². The highest BCUT2D eigenvalue weighted by molar-refractivity contribution is 6.00. The van der Waals surface area contributed by atoms with Crippen LogP contribution in [0.15, 0.2) is 47.7 Å². The van der Waals surface area contributed by atoms with Gasteiger partial charge in [0.1, 0.15) is 17.4 Å². The summed E-state index contributed by atoms with van der Waals surface area (Å²) in [6.45, 7) is 0.590. The third-order valence-corrected chi connectivity index (χ3v) is 6.66. The molecule has 1 fully saturated rings. The number of carboxylic acids is 1. The lowest BCUT2D eigenvalue weighted by molar-refractivity contribution is -0.135. The maximum atomic E-state index is 13.1. The average Bonchev–Trinajstić information content (AvgIpc) is 3.43. The van der Waals surface area contributed by atoms with Gasteiger partial charge in [0.25, 0.3) is 0 Å². The minimum atomic E-state index is -1.14. The maximum absolute atomic E-state index is 13.1. The first-order chi connectivity index (χ1) is 17.7. The number of rotatable bonds is 7. The second-order valence-electron chi connectivity index (χ2n) is 9.02. The number of hydrogen-bond donors (Lipinski definition) is 3. The second-order valence-corrected chi connectivity index (χ2v) is 9.02. The van der Waals surface area contributed by atoms with Gasteiger partial charge in [0.05, 0.1) is 17.2 Å². The second kappa shape index (κ2) is 9.37. The van der Waals surface area contributed by atoms with Crippen molar-refractivity contribution in [2.24, 2.45) is 7.05 Å². The van der Waals surface area contributed by atoms with Crippen LogP contribution in [0.25, 0.3) is 22.2 Å². The van der Waals surface area contributed by atoms with E-state index < -0.39 is 17.9 Å². The number of nitrogen functional groups attached to an aromatic ring is 1. The summed E-state index contributed by atoms with van der Waals surface area (Å²) in [5, 5.41) is 16.0. The van der Waals surface area contributed by atoms with Crippen molar-refractivity contribution in [2.75, 3.05) is 5.73 Å². The zero-order chi connectivity index (χ0) is 26.3. The summed E-state index contributed by atoms with van der Waals surface area (Å²) in [4.78, 5) is 52.4. The molecule has 4 N–H and O–H groups in total. The van der Waals surface area contributed by atoms with Crippen LogP contribution in [0.2, 0.25) is 0 Å². The number of amides is 2. The van der Waals surface area contributed by atoms with Crippen molar-refractivity contribution >= 4 is 34.6 Å². The third kappa shape index (κ3) is 4.37. The third-order valence-electron chi connectivity index (χ3n) is 6.66. The number of carbonyl (C=O) groups excluding carboxylic acids is 2. The zero-order valence-corrected chi connectivity index (χ0v) is 20.0. The summed E-state index contributed by atoms with van der Waals surface area (Å²) in [5.41, 5.74) is 8.98. The van der Waals surface area contributed by atoms with E-state index >= 15 is 0 Å². The van der Waals surface area contributed by atoms with E-state index in [-0.39, 0.29) is 35.8 Å². The van der Waals surface area contributed by atoms with Gasteiger partial charge in [0.15, 0.2) is 0 Å². The van der Waals surface area contributed by atoms with Crippen molar-refractivity contribution in [1.82, 2.24) is 29.2 Å². The van der Waals surface area contributed by atoms with Crippen molar-refractivity contribution in [2.45, 2.75) is 38.3 Å². The van der Waals surface area contributed by atoms with Crippen molar-refractivity contribution in [3.63, 3.8) is 0 Å². The molecule has 12 nitrogen and oxygen atoms in total. The first kappa shape index (κ1) is 24.0. The highest BCUT2D eigenvalue weighted by atomic mass is 16.4. The van der Waals surface area contributed by atoms with Gasteiger partial charge in [-0.1, -0.05) is 12.1 Å². The molecular weight excluding hydrogens is 478 g/mol. The van der Waals surface area contributed by atoms with E-state index in [0.717, 1.165) is 23.1 Å². The van der Waals surface area contributed by atoms with Crippen LogP contribution < -0.4 is 16.7 Å². The summed E-state index contributed by atoms with van der Waals surface area (Å²) < 4.78 is 4.79. The SMILES string of the molecule is Cn1c(=O)n(C2CCC(=O)NC2=O)c2cccc(CCCn3cc(-c4cnc(N)c(C(=O)O)c4)cn3)c21. The standard InChI is InChI=1S/C25H25N7O5/c1-30-21-14(4-2-6-18(21)32(25(30)37)19-7-8-20(33)29-23(19)34)5-3-9-31-13-16(12-28-31)15-10-17(24(35)36)22(26)27-11-15/h2,4,6,10-13,19H,3,5,7-9H2,1H3,(H2,26,27)(H,35,36)(H,29,33,34). The number of aromatic carboxylic acids is 1. The number of aryl methyl sites for hydroxylation is 3. The molecule has 1 unspecified atom stereocenters. The number of hydrogen-bond acceptors (Lipinski definition) is 7. The smallest absolute Gasteiger partial charge is 0.339 e. The number of para-hydroxylation sites is 1. The number of nitrogens with two attached hydrogens (primary N) is 1. The number of fused-ring (bicyclic) bond motifs is 1. The van der Waals surface area contributed by atoms with Crippen molar-refractivity contribution in [3.05, 3.63) is 64.5 Å². The van der Waals surface area contributed by atoms with Gasteiger partial charge in [0, 0.05) is 43.5 Å². The Balaban J connectivity index is 1.34. The number of imidazole rings is 1. The highest BCUT2D eigenvalue weighted by Crippen LogP contribution is 2.26. The molecule has 0 spiro atoms. The molecule has 1 aromatic carbocycles. The lowest BCUT2D eigenvalue weighted by Crippen LogP contribution is -2.44. The Labute approximate surface area is 210 Å². The summed E-state index contributed by atoms with van der Waals surface area (Å²) in [6, 6.07) is 6.38. The minimum absolute atomic E-state index is 0.0429. The quantitative estimate of drug-likeness (QED) is 0.319. The number of pyridine rings is 1.